The van der Waals surface area contributed by atoms with Crippen molar-refractivity contribution in [2.24, 2.45) is 5.41 Å². The minimum absolute atomic E-state index is 0.0567. The third kappa shape index (κ3) is 3.97. The molecule has 2 rings (SSSR count). The van der Waals surface area contributed by atoms with Gasteiger partial charge in [0.25, 0.3) is 0 Å². The number of likely N-dealkylation sites (tertiary alicyclic amines) is 1. The molecule has 126 valence electrons. The molecular formula is C16H19Cl2NO4. The predicted octanol–water partition coefficient (Wildman–Crippen LogP) is 2.88. The van der Waals surface area contributed by atoms with E-state index >= 15 is 0 Å². The molecule has 1 saturated heterocycles. The van der Waals surface area contributed by atoms with Crippen LogP contribution in [0.25, 0.3) is 0 Å². The van der Waals surface area contributed by atoms with Crippen LogP contribution in [0, 0.1) is 5.41 Å². The summed E-state index contributed by atoms with van der Waals surface area (Å²) in [6, 6.07) is 5.07. The quantitative estimate of drug-likeness (QED) is 0.877. The van der Waals surface area contributed by atoms with E-state index in [0.717, 1.165) is 0 Å². The van der Waals surface area contributed by atoms with Crippen molar-refractivity contribution in [1.82, 2.24) is 4.90 Å². The number of carbonyl (C=O) groups excluding carboxylic acids is 1. The van der Waals surface area contributed by atoms with Crippen molar-refractivity contribution in [2.75, 3.05) is 26.8 Å². The van der Waals surface area contributed by atoms with Crippen LogP contribution in [0.4, 0.5) is 0 Å². The minimum atomic E-state index is -1.05. The third-order valence-electron chi connectivity index (χ3n) is 4.19. The van der Waals surface area contributed by atoms with E-state index in [1.165, 1.54) is 7.11 Å². The van der Waals surface area contributed by atoms with Crippen molar-refractivity contribution < 1.29 is 19.4 Å². The first-order valence-corrected chi connectivity index (χ1v) is 8.08. The summed E-state index contributed by atoms with van der Waals surface area (Å²) in [5, 5.41) is 10.4. The number of aliphatic carboxylic acids is 1. The molecule has 1 aromatic rings. The molecule has 1 aliphatic rings. The lowest BCUT2D eigenvalue weighted by molar-refractivity contribution is -0.159. The molecule has 1 heterocycles. The van der Waals surface area contributed by atoms with Crippen molar-refractivity contribution in [3.05, 3.63) is 33.8 Å². The van der Waals surface area contributed by atoms with Crippen LogP contribution < -0.4 is 0 Å². The van der Waals surface area contributed by atoms with E-state index in [-0.39, 0.29) is 25.5 Å². The molecule has 0 aromatic heterocycles. The highest BCUT2D eigenvalue weighted by Crippen LogP contribution is 2.32. The lowest BCUT2D eigenvalue weighted by Crippen LogP contribution is -2.52. The third-order valence-corrected chi connectivity index (χ3v) is 4.90. The Kier molecular flexibility index (Phi) is 5.89. The monoisotopic (exact) mass is 359 g/mol. The highest BCUT2D eigenvalue weighted by atomic mass is 35.5. The molecule has 0 aliphatic carbocycles. The predicted molar refractivity (Wildman–Crippen MR) is 87.9 cm³/mol. The molecule has 0 bridgehead atoms. The van der Waals surface area contributed by atoms with Gasteiger partial charge in [-0.15, -0.1) is 0 Å². The number of nitrogens with zero attached hydrogens (tertiary/aromatic N) is 1. The summed E-state index contributed by atoms with van der Waals surface area (Å²) in [6.07, 6.45) is 1.17. The number of carboxylic acid groups (broad SMARTS) is 1. The van der Waals surface area contributed by atoms with Gasteiger partial charge in [0.2, 0.25) is 5.91 Å². The number of piperidine rings is 1. The minimum Gasteiger partial charge on any atom is -0.481 e. The molecule has 23 heavy (non-hydrogen) atoms. The second-order valence-electron chi connectivity index (χ2n) is 5.81. The van der Waals surface area contributed by atoms with Crippen LogP contribution in [0.2, 0.25) is 10.0 Å². The van der Waals surface area contributed by atoms with E-state index < -0.39 is 11.4 Å². The summed E-state index contributed by atoms with van der Waals surface area (Å²) in [7, 11) is 1.47. The van der Waals surface area contributed by atoms with Crippen molar-refractivity contribution in [2.45, 2.75) is 19.3 Å². The molecule has 0 radical (unpaired) electrons. The van der Waals surface area contributed by atoms with E-state index in [0.29, 0.717) is 35.0 Å². The Morgan fingerprint density at radius 2 is 2.00 bits per heavy atom. The van der Waals surface area contributed by atoms with Crippen molar-refractivity contribution in [3.63, 3.8) is 0 Å². The number of hydrogen-bond acceptors (Lipinski definition) is 3. The van der Waals surface area contributed by atoms with Gasteiger partial charge in [0.1, 0.15) is 5.41 Å². The van der Waals surface area contributed by atoms with Gasteiger partial charge in [0, 0.05) is 30.2 Å². The first kappa shape index (κ1) is 18.0. The second kappa shape index (κ2) is 7.51. The van der Waals surface area contributed by atoms with Crippen LogP contribution in [0.5, 0.6) is 0 Å². The fraction of sp³-hybridized carbons (Fsp3) is 0.500. The lowest BCUT2D eigenvalue weighted by Gasteiger charge is -2.39. The van der Waals surface area contributed by atoms with Crippen LogP contribution in [0.3, 0.4) is 0 Å². The molecule has 1 atom stereocenters. The zero-order chi connectivity index (χ0) is 17.0. The summed E-state index contributed by atoms with van der Waals surface area (Å²) >= 11 is 12.2. The van der Waals surface area contributed by atoms with Crippen LogP contribution in [0.15, 0.2) is 18.2 Å². The van der Waals surface area contributed by atoms with Gasteiger partial charge >= 0.3 is 5.97 Å². The topological polar surface area (TPSA) is 66.8 Å². The molecule has 1 aliphatic heterocycles. The van der Waals surface area contributed by atoms with Gasteiger partial charge < -0.3 is 14.7 Å². The second-order valence-corrected chi connectivity index (χ2v) is 6.63. The molecule has 1 aromatic carbocycles. The lowest BCUT2D eigenvalue weighted by atomic mass is 9.80. The SMILES string of the molecule is COCC1(C(=O)O)CCCN(C(=O)Cc2c(Cl)cccc2Cl)C1. The Morgan fingerprint density at radius 1 is 1.35 bits per heavy atom. The summed E-state index contributed by atoms with van der Waals surface area (Å²) in [6.45, 7) is 0.746. The maximum absolute atomic E-state index is 12.6. The maximum Gasteiger partial charge on any atom is 0.313 e. The summed E-state index contributed by atoms with van der Waals surface area (Å²) in [4.78, 5) is 25.8. The first-order valence-electron chi connectivity index (χ1n) is 7.32. The normalized spacial score (nSPS) is 21.3. The highest BCUT2D eigenvalue weighted by molar-refractivity contribution is 6.36. The maximum atomic E-state index is 12.6. The Labute approximate surface area is 145 Å². The molecule has 1 amide bonds. The number of rotatable bonds is 5. The van der Waals surface area contributed by atoms with E-state index in [4.69, 9.17) is 27.9 Å². The standard InChI is InChI=1S/C16H19Cl2NO4/c1-23-10-16(15(21)22)6-3-7-19(9-16)14(20)8-11-12(17)4-2-5-13(11)18/h2,4-5H,3,6-10H2,1H3,(H,21,22). The Morgan fingerprint density at radius 3 is 2.57 bits per heavy atom. The van der Waals surface area contributed by atoms with Crippen LogP contribution in [-0.2, 0) is 20.7 Å². The number of benzene rings is 1. The molecule has 5 nitrogen and oxygen atoms in total. The summed E-state index contributed by atoms with van der Waals surface area (Å²) in [5.74, 6) is -1.12. The fourth-order valence-corrected chi connectivity index (χ4v) is 3.47. The van der Waals surface area contributed by atoms with E-state index in [1.54, 1.807) is 23.1 Å². The number of methoxy groups -OCH3 is 1. The number of ether oxygens (including phenoxy) is 1. The van der Waals surface area contributed by atoms with Gasteiger partial charge in [-0.2, -0.15) is 0 Å². The van der Waals surface area contributed by atoms with Crippen LogP contribution >= 0.6 is 23.2 Å². The average Bonchev–Trinajstić information content (AvgIpc) is 2.51. The summed E-state index contributed by atoms with van der Waals surface area (Å²) < 4.78 is 5.07. The fourth-order valence-electron chi connectivity index (χ4n) is 2.94. The summed E-state index contributed by atoms with van der Waals surface area (Å²) in [5.41, 5.74) is -0.480. The van der Waals surface area contributed by atoms with E-state index in [2.05, 4.69) is 0 Å². The largest absolute Gasteiger partial charge is 0.481 e. The van der Waals surface area contributed by atoms with Crippen LogP contribution in [-0.4, -0.2) is 48.7 Å². The van der Waals surface area contributed by atoms with E-state index in [9.17, 15) is 14.7 Å². The van der Waals surface area contributed by atoms with Gasteiger partial charge in [0.05, 0.1) is 13.0 Å². The highest BCUT2D eigenvalue weighted by Gasteiger charge is 2.43. The molecular weight excluding hydrogens is 341 g/mol. The smallest absolute Gasteiger partial charge is 0.313 e. The van der Waals surface area contributed by atoms with Gasteiger partial charge in [0.15, 0.2) is 0 Å². The molecule has 1 N–H and O–H groups in total. The number of halogens is 2. The number of carboxylic acids is 1. The molecule has 1 unspecified atom stereocenters. The van der Waals surface area contributed by atoms with Gasteiger partial charge in [-0.1, -0.05) is 29.3 Å². The zero-order valence-corrected chi connectivity index (χ0v) is 14.4. The Balaban J connectivity index is 2.15. The molecule has 1 fully saturated rings. The van der Waals surface area contributed by atoms with Crippen LogP contribution in [0.1, 0.15) is 18.4 Å². The van der Waals surface area contributed by atoms with E-state index in [1.807, 2.05) is 0 Å². The molecule has 7 heteroatoms. The zero-order valence-electron chi connectivity index (χ0n) is 12.8. The van der Waals surface area contributed by atoms with Gasteiger partial charge in [-0.3, -0.25) is 9.59 Å². The Bertz CT molecular complexity index is 583. The molecule has 0 spiro atoms. The van der Waals surface area contributed by atoms with Crippen molar-refractivity contribution >= 4 is 35.1 Å². The number of amides is 1. The first-order chi connectivity index (χ1) is 10.9. The number of carbonyl (C=O) groups is 2. The van der Waals surface area contributed by atoms with Crippen molar-refractivity contribution in [1.29, 1.82) is 0 Å². The van der Waals surface area contributed by atoms with Gasteiger partial charge in [-0.05, 0) is 30.5 Å². The average molecular weight is 360 g/mol. The van der Waals surface area contributed by atoms with Gasteiger partial charge in [-0.25, -0.2) is 0 Å². The van der Waals surface area contributed by atoms with Crippen molar-refractivity contribution in [3.8, 4) is 0 Å². The molecule has 0 saturated carbocycles. The number of hydrogen-bond donors (Lipinski definition) is 1. The Hall–Kier alpha value is -1.30.